The summed E-state index contributed by atoms with van der Waals surface area (Å²) < 4.78 is 45.7. The Balaban J connectivity index is 1.59. The fourth-order valence-corrected chi connectivity index (χ4v) is 8.24. The number of likely N-dealkylation sites (N-methyl/N-ethyl adjacent to an activating group) is 1. The van der Waals surface area contributed by atoms with Crippen LogP contribution >= 0.6 is 7.82 Å². The molecule has 2 aromatic heterocycles. The van der Waals surface area contributed by atoms with E-state index in [4.69, 9.17) is 27.4 Å². The van der Waals surface area contributed by atoms with Gasteiger partial charge in [-0.05, 0) is 95.5 Å². The summed E-state index contributed by atoms with van der Waals surface area (Å²) in [7, 11) is -2.68. The topological polar surface area (TPSA) is 147 Å². The van der Waals surface area contributed by atoms with Gasteiger partial charge in [-0.2, -0.15) is 0 Å². The lowest BCUT2D eigenvalue weighted by atomic mass is 10.0. The number of nitrogens with one attached hydrogen (secondary N) is 1. The Morgan fingerprint density at radius 3 is 1.43 bits per heavy atom. The van der Waals surface area contributed by atoms with E-state index >= 15 is 0 Å². The number of furan rings is 2. The van der Waals surface area contributed by atoms with Crippen molar-refractivity contribution < 1.29 is 46.4 Å². The number of carbonyl (C=O) groups is 2. The number of hydrogen-bond acceptors (Lipinski definition) is 10. The second-order valence-corrected chi connectivity index (χ2v) is 18.2. The lowest BCUT2D eigenvalue weighted by molar-refractivity contribution is -0.161. The fraction of sp³-hybridized carbons (Fsp3) is 0.792. The van der Waals surface area contributed by atoms with Crippen LogP contribution in [0.15, 0.2) is 8.83 Å². The number of esters is 2. The number of unbranched alkanes of at least 4 members (excludes halogenated alkanes) is 16. The SMILES string of the molecule is CCCCCc1oc(CCCCCCCCCCCCC(=O)O[C@H](COC(=O)CCCCCCCCc2oc(CCC)c(C)c2C)COP(=O)(O)OCCNC)c(C)c1C. The lowest BCUT2D eigenvalue weighted by Crippen LogP contribution is -2.29. The summed E-state index contributed by atoms with van der Waals surface area (Å²) >= 11 is 0. The Morgan fingerprint density at radius 2 is 0.983 bits per heavy atom. The minimum atomic E-state index is -4.37. The summed E-state index contributed by atoms with van der Waals surface area (Å²) in [4.78, 5) is 35.3. The van der Waals surface area contributed by atoms with Crippen LogP contribution in [-0.2, 0) is 58.4 Å². The summed E-state index contributed by atoms with van der Waals surface area (Å²) in [5.41, 5.74) is 5.27. The Morgan fingerprint density at radius 1 is 0.567 bits per heavy atom. The molecule has 0 fully saturated rings. The maximum atomic E-state index is 12.7. The molecule has 0 radical (unpaired) electrons. The van der Waals surface area contributed by atoms with Gasteiger partial charge in [-0.3, -0.25) is 18.6 Å². The number of aryl methyl sites for hydroxylation is 4. The van der Waals surface area contributed by atoms with Crippen LogP contribution in [-0.4, -0.2) is 56.3 Å². The molecule has 60 heavy (non-hydrogen) atoms. The van der Waals surface area contributed by atoms with Crippen LogP contribution < -0.4 is 5.32 Å². The first-order valence-electron chi connectivity index (χ1n) is 23.7. The van der Waals surface area contributed by atoms with Crippen molar-refractivity contribution in [3.63, 3.8) is 0 Å². The Kier molecular flexibility index (Phi) is 28.9. The second-order valence-electron chi connectivity index (χ2n) is 16.8. The molecular formula is C48H84NO10P. The Hall–Kier alpha value is -2.43. The van der Waals surface area contributed by atoms with Crippen molar-refractivity contribution in [2.45, 2.75) is 215 Å². The number of ether oxygens (including phenoxy) is 2. The summed E-state index contributed by atoms with van der Waals surface area (Å²) in [6.45, 7) is 12.8. The number of rotatable bonds is 38. The van der Waals surface area contributed by atoms with Crippen LogP contribution in [0.25, 0.3) is 0 Å². The molecule has 2 aromatic rings. The molecule has 12 heteroatoms. The molecule has 0 spiro atoms. The molecule has 2 N–H and O–H groups in total. The van der Waals surface area contributed by atoms with Gasteiger partial charge >= 0.3 is 19.8 Å². The van der Waals surface area contributed by atoms with Gasteiger partial charge in [-0.1, -0.05) is 104 Å². The van der Waals surface area contributed by atoms with Crippen LogP contribution in [0.3, 0.4) is 0 Å². The molecular weight excluding hydrogens is 781 g/mol. The average molecular weight is 866 g/mol. The van der Waals surface area contributed by atoms with Crippen molar-refractivity contribution in [2.75, 3.05) is 33.4 Å². The molecule has 0 aromatic carbocycles. The highest BCUT2D eigenvalue weighted by molar-refractivity contribution is 7.47. The highest BCUT2D eigenvalue weighted by Gasteiger charge is 2.26. The largest absolute Gasteiger partial charge is 0.472 e. The van der Waals surface area contributed by atoms with E-state index in [1.54, 1.807) is 7.05 Å². The van der Waals surface area contributed by atoms with Crippen LogP contribution in [0.1, 0.15) is 200 Å². The van der Waals surface area contributed by atoms with Crippen LogP contribution in [0.2, 0.25) is 0 Å². The lowest BCUT2D eigenvalue weighted by Gasteiger charge is -2.20. The number of phosphoric ester groups is 1. The molecule has 0 saturated heterocycles. The van der Waals surface area contributed by atoms with Gasteiger partial charge in [0.05, 0.1) is 13.2 Å². The molecule has 0 bridgehead atoms. The van der Waals surface area contributed by atoms with E-state index in [2.05, 4.69) is 46.9 Å². The van der Waals surface area contributed by atoms with Gasteiger partial charge in [-0.25, -0.2) is 4.57 Å². The third-order valence-electron chi connectivity index (χ3n) is 11.6. The maximum absolute atomic E-state index is 12.7. The summed E-state index contributed by atoms with van der Waals surface area (Å²) in [6.07, 6.45) is 25.3. The van der Waals surface area contributed by atoms with Crippen molar-refractivity contribution in [1.82, 2.24) is 5.32 Å². The van der Waals surface area contributed by atoms with Gasteiger partial charge in [0.15, 0.2) is 6.10 Å². The fourth-order valence-electron chi connectivity index (χ4n) is 7.48. The van der Waals surface area contributed by atoms with Gasteiger partial charge in [0.25, 0.3) is 0 Å². The first-order chi connectivity index (χ1) is 28.9. The maximum Gasteiger partial charge on any atom is 0.472 e. The van der Waals surface area contributed by atoms with Crippen molar-refractivity contribution in [3.8, 4) is 0 Å². The zero-order valence-electron chi connectivity index (χ0n) is 38.9. The van der Waals surface area contributed by atoms with Crippen LogP contribution in [0.4, 0.5) is 0 Å². The van der Waals surface area contributed by atoms with Gasteiger partial charge in [0, 0.05) is 45.1 Å². The monoisotopic (exact) mass is 866 g/mol. The third kappa shape index (κ3) is 23.1. The van der Waals surface area contributed by atoms with Crippen molar-refractivity contribution in [2.24, 2.45) is 0 Å². The zero-order chi connectivity index (χ0) is 44.0. The molecule has 0 saturated carbocycles. The number of hydrogen-bond donors (Lipinski definition) is 2. The third-order valence-corrected chi connectivity index (χ3v) is 12.6. The first kappa shape index (κ1) is 53.7. The van der Waals surface area contributed by atoms with Gasteiger partial charge in [-0.15, -0.1) is 0 Å². The quantitative estimate of drug-likeness (QED) is 0.0378. The van der Waals surface area contributed by atoms with Crippen molar-refractivity contribution in [3.05, 3.63) is 45.3 Å². The van der Waals surface area contributed by atoms with E-state index < -0.39 is 32.5 Å². The molecule has 346 valence electrons. The standard InChI is InChI=1S/C48H84NO10P/c1-8-10-23-29-44-40(5)41(6)46(59-44)31-24-19-15-13-11-12-14-16-22-27-33-48(51)57-42(37-56-60(52,53)55-35-34-49-7)36-54-47(50)32-26-21-18-17-20-25-30-45-39(4)38(3)43(58-45)28-9-2/h42,49H,8-37H2,1-7H3,(H,52,53)/t42-/m1/s1. The van der Waals surface area contributed by atoms with Gasteiger partial charge in [0.1, 0.15) is 29.6 Å². The Labute approximate surface area is 363 Å². The van der Waals surface area contributed by atoms with E-state index in [0.717, 1.165) is 95.0 Å². The van der Waals surface area contributed by atoms with Gasteiger partial charge < -0.3 is 28.5 Å². The summed E-state index contributed by atoms with van der Waals surface area (Å²) in [6, 6.07) is 0. The molecule has 0 aliphatic carbocycles. The highest BCUT2D eigenvalue weighted by atomic mass is 31.2. The van der Waals surface area contributed by atoms with E-state index in [1.807, 2.05) is 0 Å². The Bertz CT molecular complexity index is 1500. The number of phosphoric acid groups is 1. The predicted octanol–water partition coefficient (Wildman–Crippen LogP) is 12.4. The highest BCUT2D eigenvalue weighted by Crippen LogP contribution is 2.43. The van der Waals surface area contributed by atoms with Gasteiger partial charge in [0.2, 0.25) is 0 Å². The molecule has 1 unspecified atom stereocenters. The first-order valence-corrected chi connectivity index (χ1v) is 25.2. The molecule has 2 rings (SSSR count). The number of carbonyl (C=O) groups excluding carboxylic acids is 2. The average Bonchev–Trinajstić information content (AvgIpc) is 3.64. The molecule has 2 heterocycles. The normalized spacial score (nSPS) is 13.1. The molecule has 2 atom stereocenters. The predicted molar refractivity (Wildman–Crippen MR) is 241 cm³/mol. The molecule has 0 aliphatic rings. The van der Waals surface area contributed by atoms with Crippen molar-refractivity contribution in [1.29, 1.82) is 0 Å². The van der Waals surface area contributed by atoms with Crippen LogP contribution in [0.5, 0.6) is 0 Å². The van der Waals surface area contributed by atoms with E-state index in [1.165, 1.54) is 91.6 Å². The summed E-state index contributed by atoms with van der Waals surface area (Å²) in [5.74, 6) is 3.77. The van der Waals surface area contributed by atoms with E-state index in [-0.39, 0.29) is 26.1 Å². The summed E-state index contributed by atoms with van der Waals surface area (Å²) in [5, 5.41) is 2.83. The second kappa shape index (κ2) is 32.3. The minimum Gasteiger partial charge on any atom is -0.466 e. The van der Waals surface area contributed by atoms with E-state index in [9.17, 15) is 19.0 Å². The minimum absolute atomic E-state index is 0.0288. The zero-order valence-corrected chi connectivity index (χ0v) is 39.8. The molecule has 11 nitrogen and oxygen atoms in total. The molecule has 0 aliphatic heterocycles. The molecule has 0 amide bonds. The smallest absolute Gasteiger partial charge is 0.466 e. The van der Waals surface area contributed by atoms with Crippen LogP contribution in [0, 0.1) is 27.7 Å². The van der Waals surface area contributed by atoms with Crippen molar-refractivity contribution >= 4 is 19.8 Å². The van der Waals surface area contributed by atoms with E-state index in [0.29, 0.717) is 19.4 Å².